The predicted octanol–water partition coefficient (Wildman–Crippen LogP) is 3.05. The van der Waals surface area contributed by atoms with Crippen LogP contribution in [-0.4, -0.2) is 28.8 Å². The minimum atomic E-state index is -1.00. The van der Waals surface area contributed by atoms with E-state index < -0.39 is 12.0 Å². The molecule has 2 N–H and O–H groups in total. The molecule has 0 aromatic heterocycles. The highest BCUT2D eigenvalue weighted by Gasteiger charge is 2.20. The zero-order valence-electron chi connectivity index (χ0n) is 11.4. The molecule has 1 unspecified atom stereocenters. The Morgan fingerprint density at radius 1 is 1.40 bits per heavy atom. The van der Waals surface area contributed by atoms with Gasteiger partial charge in [0.1, 0.15) is 6.04 Å². The van der Waals surface area contributed by atoms with Crippen molar-refractivity contribution in [2.24, 2.45) is 5.92 Å². The fraction of sp³-hybridized carbons (Fsp3) is 0.429. The van der Waals surface area contributed by atoms with Crippen molar-refractivity contribution in [1.29, 1.82) is 0 Å². The summed E-state index contributed by atoms with van der Waals surface area (Å²) in [4.78, 5) is 23.7. The van der Waals surface area contributed by atoms with E-state index in [0.29, 0.717) is 11.4 Å². The lowest BCUT2D eigenvalue weighted by molar-refractivity contribution is -0.141. The molecule has 0 bridgehead atoms. The molecule has 0 saturated carbocycles. The summed E-state index contributed by atoms with van der Waals surface area (Å²) < 4.78 is 0. The third kappa shape index (κ3) is 6.30. The van der Waals surface area contributed by atoms with Gasteiger partial charge in [0.15, 0.2) is 0 Å². The average Bonchev–Trinajstić information content (AvgIpc) is 2.35. The van der Waals surface area contributed by atoms with Gasteiger partial charge >= 0.3 is 5.97 Å². The van der Waals surface area contributed by atoms with Crippen LogP contribution in [0.3, 0.4) is 0 Å². The molecule has 0 heterocycles. The van der Waals surface area contributed by atoms with E-state index in [-0.39, 0.29) is 17.6 Å². The lowest BCUT2D eigenvalue weighted by Crippen LogP contribution is -2.42. The molecule has 110 valence electrons. The molecular formula is C14H18ClNO3S. The number of amides is 1. The third-order valence-electron chi connectivity index (χ3n) is 2.51. The summed E-state index contributed by atoms with van der Waals surface area (Å²) >= 11 is 7.18. The first-order chi connectivity index (χ1) is 9.38. The Hall–Kier alpha value is -1.20. The van der Waals surface area contributed by atoms with Crippen LogP contribution in [0.4, 0.5) is 0 Å². The topological polar surface area (TPSA) is 66.4 Å². The molecule has 6 heteroatoms. The number of benzene rings is 1. The number of rotatable bonds is 7. The van der Waals surface area contributed by atoms with E-state index in [1.807, 2.05) is 19.9 Å². The van der Waals surface area contributed by atoms with Gasteiger partial charge in [0.05, 0.1) is 5.75 Å². The summed E-state index contributed by atoms with van der Waals surface area (Å²) in [5.74, 6) is -0.915. The van der Waals surface area contributed by atoms with Crippen molar-refractivity contribution in [2.45, 2.75) is 31.2 Å². The highest BCUT2D eigenvalue weighted by atomic mass is 35.5. The van der Waals surface area contributed by atoms with Gasteiger partial charge in [-0.15, -0.1) is 11.8 Å². The molecule has 1 aromatic rings. The molecule has 0 aliphatic carbocycles. The summed E-state index contributed by atoms with van der Waals surface area (Å²) in [6.45, 7) is 3.84. The average molecular weight is 316 g/mol. The lowest BCUT2D eigenvalue weighted by Gasteiger charge is -2.16. The fourth-order valence-electron chi connectivity index (χ4n) is 1.63. The second kappa shape index (κ2) is 8.17. The molecule has 0 saturated heterocycles. The van der Waals surface area contributed by atoms with E-state index in [2.05, 4.69) is 5.32 Å². The monoisotopic (exact) mass is 315 g/mol. The van der Waals surface area contributed by atoms with Crippen LogP contribution in [0.25, 0.3) is 0 Å². The van der Waals surface area contributed by atoms with Crippen LogP contribution in [0, 0.1) is 5.92 Å². The number of carbonyl (C=O) groups is 2. The molecule has 1 rings (SSSR count). The molecule has 4 nitrogen and oxygen atoms in total. The van der Waals surface area contributed by atoms with Gasteiger partial charge < -0.3 is 10.4 Å². The fourth-order valence-corrected chi connectivity index (χ4v) is 2.66. The number of carbonyl (C=O) groups excluding carboxylic acids is 1. The smallest absolute Gasteiger partial charge is 0.326 e. The van der Waals surface area contributed by atoms with Gasteiger partial charge in [0, 0.05) is 9.92 Å². The number of nitrogens with one attached hydrogen (secondary N) is 1. The number of thioether (sulfide) groups is 1. The van der Waals surface area contributed by atoms with E-state index in [1.165, 1.54) is 11.8 Å². The van der Waals surface area contributed by atoms with E-state index in [9.17, 15) is 9.59 Å². The normalized spacial score (nSPS) is 12.2. The number of aliphatic carboxylic acids is 1. The number of hydrogen-bond acceptors (Lipinski definition) is 3. The van der Waals surface area contributed by atoms with Crippen LogP contribution in [0.15, 0.2) is 29.2 Å². The summed E-state index contributed by atoms with van der Waals surface area (Å²) in [5, 5.41) is 12.2. The van der Waals surface area contributed by atoms with E-state index in [1.54, 1.807) is 18.2 Å². The molecule has 1 atom stereocenters. The zero-order chi connectivity index (χ0) is 15.1. The van der Waals surface area contributed by atoms with Crippen molar-refractivity contribution in [2.75, 3.05) is 5.75 Å². The second-order valence-electron chi connectivity index (χ2n) is 4.83. The van der Waals surface area contributed by atoms with Gasteiger partial charge in [-0.2, -0.15) is 0 Å². The highest BCUT2D eigenvalue weighted by Crippen LogP contribution is 2.21. The Morgan fingerprint density at radius 3 is 2.65 bits per heavy atom. The zero-order valence-corrected chi connectivity index (χ0v) is 13.0. The van der Waals surface area contributed by atoms with Crippen molar-refractivity contribution in [3.63, 3.8) is 0 Å². The van der Waals surface area contributed by atoms with Gasteiger partial charge in [0.2, 0.25) is 5.91 Å². The Bertz CT molecular complexity index is 479. The maximum Gasteiger partial charge on any atom is 0.326 e. The van der Waals surface area contributed by atoms with E-state index in [0.717, 1.165) is 4.90 Å². The molecule has 1 amide bonds. The Balaban J connectivity index is 2.47. The van der Waals surface area contributed by atoms with Gasteiger partial charge in [-0.1, -0.05) is 31.5 Å². The van der Waals surface area contributed by atoms with Crippen molar-refractivity contribution in [1.82, 2.24) is 5.32 Å². The number of halogens is 1. The van der Waals surface area contributed by atoms with Crippen molar-refractivity contribution < 1.29 is 14.7 Å². The number of carboxylic acids is 1. The molecule has 20 heavy (non-hydrogen) atoms. The molecule has 0 aliphatic rings. The first-order valence-electron chi connectivity index (χ1n) is 6.29. The molecule has 1 aromatic carbocycles. The molecule has 0 radical (unpaired) electrons. The largest absolute Gasteiger partial charge is 0.480 e. The Morgan fingerprint density at radius 2 is 2.10 bits per heavy atom. The first-order valence-corrected chi connectivity index (χ1v) is 7.65. The van der Waals surface area contributed by atoms with Gasteiger partial charge in [0.25, 0.3) is 0 Å². The minimum Gasteiger partial charge on any atom is -0.480 e. The quantitative estimate of drug-likeness (QED) is 0.759. The van der Waals surface area contributed by atoms with Gasteiger partial charge in [-0.3, -0.25) is 4.79 Å². The van der Waals surface area contributed by atoms with Crippen molar-refractivity contribution in [3.05, 3.63) is 29.3 Å². The van der Waals surface area contributed by atoms with Crippen LogP contribution in [0.2, 0.25) is 5.02 Å². The molecule has 0 fully saturated rings. The van der Waals surface area contributed by atoms with Crippen LogP contribution in [0.1, 0.15) is 20.3 Å². The summed E-state index contributed by atoms with van der Waals surface area (Å²) in [5.41, 5.74) is 0. The second-order valence-corrected chi connectivity index (χ2v) is 6.32. The SMILES string of the molecule is CC(C)CC(NC(=O)CSc1cccc(Cl)c1)C(=O)O. The molecule has 0 aliphatic heterocycles. The highest BCUT2D eigenvalue weighted by molar-refractivity contribution is 8.00. The van der Waals surface area contributed by atoms with Crippen LogP contribution in [-0.2, 0) is 9.59 Å². The van der Waals surface area contributed by atoms with Gasteiger partial charge in [-0.05, 0) is 30.5 Å². The van der Waals surface area contributed by atoms with Crippen LogP contribution >= 0.6 is 23.4 Å². The Kier molecular flexibility index (Phi) is 6.88. The van der Waals surface area contributed by atoms with Crippen LogP contribution in [0.5, 0.6) is 0 Å². The molecule has 0 spiro atoms. The number of hydrogen-bond donors (Lipinski definition) is 2. The third-order valence-corrected chi connectivity index (χ3v) is 3.74. The lowest BCUT2D eigenvalue weighted by atomic mass is 10.0. The summed E-state index contributed by atoms with van der Waals surface area (Å²) in [7, 11) is 0. The van der Waals surface area contributed by atoms with Crippen LogP contribution < -0.4 is 5.32 Å². The minimum absolute atomic E-state index is 0.169. The van der Waals surface area contributed by atoms with Gasteiger partial charge in [-0.25, -0.2) is 4.79 Å². The molecular weight excluding hydrogens is 298 g/mol. The Labute approximate surface area is 127 Å². The summed E-state index contributed by atoms with van der Waals surface area (Å²) in [6.07, 6.45) is 0.420. The van der Waals surface area contributed by atoms with E-state index in [4.69, 9.17) is 16.7 Å². The van der Waals surface area contributed by atoms with Crippen molar-refractivity contribution in [3.8, 4) is 0 Å². The van der Waals surface area contributed by atoms with Crippen molar-refractivity contribution >= 4 is 35.2 Å². The maximum absolute atomic E-state index is 11.8. The summed E-state index contributed by atoms with van der Waals surface area (Å²) in [6, 6.07) is 6.35. The maximum atomic E-state index is 11.8. The predicted molar refractivity (Wildman–Crippen MR) is 81.2 cm³/mol. The first kappa shape index (κ1) is 16.9. The number of carboxylic acid groups (broad SMARTS) is 1. The standard InChI is InChI=1S/C14H18ClNO3S/c1-9(2)6-12(14(18)19)16-13(17)8-20-11-5-3-4-10(15)7-11/h3-5,7,9,12H,6,8H2,1-2H3,(H,16,17)(H,18,19). The van der Waals surface area contributed by atoms with E-state index >= 15 is 0 Å².